The van der Waals surface area contributed by atoms with E-state index in [9.17, 15) is 9.59 Å². The first kappa shape index (κ1) is 14.5. The van der Waals surface area contributed by atoms with Crippen LogP contribution >= 0.6 is 0 Å². The van der Waals surface area contributed by atoms with Crippen molar-refractivity contribution in [3.05, 3.63) is 35.4 Å². The van der Waals surface area contributed by atoms with Gasteiger partial charge in [0.05, 0.1) is 18.3 Å². The molecule has 1 aliphatic heterocycles. The first-order valence-electron chi connectivity index (χ1n) is 6.48. The Morgan fingerprint density at radius 1 is 1.45 bits per heavy atom. The molecule has 6 nitrogen and oxygen atoms in total. The van der Waals surface area contributed by atoms with Crippen LogP contribution in [-0.2, 0) is 4.74 Å². The summed E-state index contributed by atoms with van der Waals surface area (Å²) in [5.74, 6) is -1.33. The van der Waals surface area contributed by atoms with E-state index in [2.05, 4.69) is 10.2 Å². The Bertz CT molecular complexity index is 504. The lowest BCUT2D eigenvalue weighted by atomic mass is 10.1. The van der Waals surface area contributed by atoms with Gasteiger partial charge in [0.15, 0.2) is 0 Å². The van der Waals surface area contributed by atoms with Crippen LogP contribution < -0.4 is 5.32 Å². The highest BCUT2D eigenvalue weighted by atomic mass is 16.5. The van der Waals surface area contributed by atoms with E-state index in [0.717, 1.165) is 13.1 Å². The number of likely N-dealkylation sites (N-methyl/N-ethyl adjacent to an activating group) is 1. The van der Waals surface area contributed by atoms with Gasteiger partial charge in [-0.2, -0.15) is 0 Å². The number of nitrogens with one attached hydrogen (secondary N) is 1. The standard InChI is InChI=1S/C14H18N2O4/c1-16-5-6-20-12(9-16)8-15-13(17)10-3-2-4-11(7-10)14(18)19/h2-4,7,12H,5-6,8-9H2,1H3,(H,15,17)(H,18,19). The van der Waals surface area contributed by atoms with Gasteiger partial charge in [0, 0.05) is 25.2 Å². The van der Waals surface area contributed by atoms with Crippen LogP contribution in [0.5, 0.6) is 0 Å². The molecule has 0 saturated carbocycles. The third-order valence-corrected chi connectivity index (χ3v) is 3.20. The summed E-state index contributed by atoms with van der Waals surface area (Å²) in [5, 5.41) is 11.7. The summed E-state index contributed by atoms with van der Waals surface area (Å²) in [7, 11) is 2.01. The normalized spacial score (nSPS) is 19.6. The second-order valence-electron chi connectivity index (χ2n) is 4.85. The van der Waals surface area contributed by atoms with E-state index in [4.69, 9.17) is 9.84 Å². The Morgan fingerprint density at radius 2 is 2.20 bits per heavy atom. The van der Waals surface area contributed by atoms with Crippen molar-refractivity contribution in [2.24, 2.45) is 0 Å². The van der Waals surface area contributed by atoms with Gasteiger partial charge < -0.3 is 20.1 Å². The maximum atomic E-state index is 12.0. The number of carboxylic acid groups (broad SMARTS) is 1. The molecule has 0 radical (unpaired) electrons. The summed E-state index contributed by atoms with van der Waals surface area (Å²) in [6, 6.07) is 5.97. The lowest BCUT2D eigenvalue weighted by Gasteiger charge is -2.30. The number of carbonyl (C=O) groups is 2. The minimum Gasteiger partial charge on any atom is -0.478 e. The van der Waals surface area contributed by atoms with Crippen LogP contribution in [0.3, 0.4) is 0 Å². The van der Waals surface area contributed by atoms with Gasteiger partial charge >= 0.3 is 5.97 Å². The zero-order chi connectivity index (χ0) is 14.5. The summed E-state index contributed by atoms with van der Waals surface area (Å²) in [4.78, 5) is 25.0. The van der Waals surface area contributed by atoms with Crippen molar-refractivity contribution >= 4 is 11.9 Å². The molecule has 1 aromatic rings. The van der Waals surface area contributed by atoms with E-state index in [1.165, 1.54) is 12.1 Å². The first-order chi connectivity index (χ1) is 9.56. The summed E-state index contributed by atoms with van der Waals surface area (Å²) in [5.41, 5.74) is 0.445. The van der Waals surface area contributed by atoms with Crippen molar-refractivity contribution in [2.45, 2.75) is 6.10 Å². The van der Waals surface area contributed by atoms with E-state index in [1.54, 1.807) is 12.1 Å². The minimum absolute atomic E-state index is 0.0274. The molecule has 0 aliphatic carbocycles. The van der Waals surface area contributed by atoms with Gasteiger partial charge in [-0.15, -0.1) is 0 Å². The maximum absolute atomic E-state index is 12.0. The smallest absolute Gasteiger partial charge is 0.335 e. The largest absolute Gasteiger partial charge is 0.478 e. The molecule has 1 unspecified atom stereocenters. The fourth-order valence-corrected chi connectivity index (χ4v) is 2.09. The molecule has 0 aromatic heterocycles. The van der Waals surface area contributed by atoms with Crippen molar-refractivity contribution < 1.29 is 19.4 Å². The second-order valence-corrected chi connectivity index (χ2v) is 4.85. The summed E-state index contributed by atoms with van der Waals surface area (Å²) < 4.78 is 5.55. The van der Waals surface area contributed by atoms with E-state index >= 15 is 0 Å². The van der Waals surface area contributed by atoms with Crippen molar-refractivity contribution in [1.82, 2.24) is 10.2 Å². The fourth-order valence-electron chi connectivity index (χ4n) is 2.09. The Labute approximate surface area is 117 Å². The van der Waals surface area contributed by atoms with Crippen LogP contribution in [0.4, 0.5) is 0 Å². The highest BCUT2D eigenvalue weighted by Gasteiger charge is 2.18. The molecule has 1 aliphatic rings. The van der Waals surface area contributed by atoms with E-state index in [1.807, 2.05) is 7.05 Å². The van der Waals surface area contributed by atoms with Crippen LogP contribution in [0.2, 0.25) is 0 Å². The molecule has 0 bridgehead atoms. The maximum Gasteiger partial charge on any atom is 0.335 e. The topological polar surface area (TPSA) is 78.9 Å². The molecule has 1 saturated heterocycles. The number of hydrogen-bond donors (Lipinski definition) is 2. The van der Waals surface area contributed by atoms with Crippen LogP contribution in [0.15, 0.2) is 24.3 Å². The molecule has 108 valence electrons. The summed E-state index contributed by atoms with van der Waals surface area (Å²) >= 11 is 0. The van der Waals surface area contributed by atoms with Crippen LogP contribution in [0, 0.1) is 0 Å². The lowest BCUT2D eigenvalue weighted by Crippen LogP contribution is -2.45. The number of rotatable bonds is 4. The Kier molecular flexibility index (Phi) is 4.70. The molecular formula is C14H18N2O4. The Hall–Kier alpha value is -1.92. The van der Waals surface area contributed by atoms with E-state index in [-0.39, 0.29) is 17.6 Å². The molecule has 6 heteroatoms. The average molecular weight is 278 g/mol. The van der Waals surface area contributed by atoms with Gasteiger partial charge in [-0.1, -0.05) is 6.07 Å². The monoisotopic (exact) mass is 278 g/mol. The number of ether oxygens (including phenoxy) is 1. The van der Waals surface area contributed by atoms with E-state index < -0.39 is 5.97 Å². The van der Waals surface area contributed by atoms with Crippen molar-refractivity contribution in [1.29, 1.82) is 0 Å². The number of amides is 1. The van der Waals surface area contributed by atoms with Gasteiger partial charge in [0.1, 0.15) is 0 Å². The lowest BCUT2D eigenvalue weighted by molar-refractivity contribution is -0.0175. The fraction of sp³-hybridized carbons (Fsp3) is 0.429. The second kappa shape index (κ2) is 6.49. The first-order valence-corrected chi connectivity index (χ1v) is 6.48. The minimum atomic E-state index is -1.04. The van der Waals surface area contributed by atoms with Gasteiger partial charge in [-0.05, 0) is 25.2 Å². The number of carbonyl (C=O) groups excluding carboxylic acids is 1. The van der Waals surface area contributed by atoms with Crippen molar-refractivity contribution in [2.75, 3.05) is 33.3 Å². The Morgan fingerprint density at radius 3 is 2.90 bits per heavy atom. The molecule has 0 spiro atoms. The predicted octanol–water partition coefficient (Wildman–Crippen LogP) is 0.445. The molecule has 1 atom stereocenters. The SMILES string of the molecule is CN1CCOC(CNC(=O)c2cccc(C(=O)O)c2)C1. The zero-order valence-corrected chi connectivity index (χ0v) is 11.3. The third kappa shape index (κ3) is 3.79. The molecule has 1 amide bonds. The Balaban J connectivity index is 1.91. The highest BCUT2D eigenvalue weighted by molar-refractivity contribution is 5.97. The number of morpholine rings is 1. The highest BCUT2D eigenvalue weighted by Crippen LogP contribution is 2.06. The number of aromatic carboxylic acids is 1. The van der Waals surface area contributed by atoms with Crippen molar-refractivity contribution in [3.8, 4) is 0 Å². The third-order valence-electron chi connectivity index (χ3n) is 3.20. The predicted molar refractivity (Wildman–Crippen MR) is 73.0 cm³/mol. The number of carboxylic acids is 1. The van der Waals surface area contributed by atoms with Crippen LogP contribution in [0.1, 0.15) is 20.7 Å². The number of hydrogen-bond acceptors (Lipinski definition) is 4. The number of nitrogens with zero attached hydrogens (tertiary/aromatic N) is 1. The quantitative estimate of drug-likeness (QED) is 0.836. The molecule has 2 rings (SSSR count). The molecule has 1 heterocycles. The summed E-state index contributed by atoms with van der Waals surface area (Å²) in [6.45, 7) is 2.74. The molecular weight excluding hydrogens is 260 g/mol. The molecule has 1 fully saturated rings. The van der Waals surface area contributed by atoms with Gasteiger partial charge in [-0.3, -0.25) is 4.79 Å². The van der Waals surface area contributed by atoms with Crippen molar-refractivity contribution in [3.63, 3.8) is 0 Å². The van der Waals surface area contributed by atoms with Crippen LogP contribution in [0.25, 0.3) is 0 Å². The molecule has 1 aromatic carbocycles. The number of benzene rings is 1. The molecule has 20 heavy (non-hydrogen) atoms. The molecule has 2 N–H and O–H groups in total. The van der Waals surface area contributed by atoms with Crippen LogP contribution in [-0.4, -0.2) is 61.3 Å². The van der Waals surface area contributed by atoms with Gasteiger partial charge in [-0.25, -0.2) is 4.79 Å². The average Bonchev–Trinajstić information content (AvgIpc) is 2.45. The van der Waals surface area contributed by atoms with E-state index in [0.29, 0.717) is 18.7 Å². The van der Waals surface area contributed by atoms with Gasteiger partial charge in [0.2, 0.25) is 0 Å². The summed E-state index contributed by atoms with van der Waals surface area (Å²) in [6.07, 6.45) is -0.0274. The van der Waals surface area contributed by atoms with Gasteiger partial charge in [0.25, 0.3) is 5.91 Å². The zero-order valence-electron chi connectivity index (χ0n) is 11.3.